The average Bonchev–Trinajstić information content (AvgIpc) is 2.84. The Labute approximate surface area is 201 Å². The highest BCUT2D eigenvalue weighted by atomic mass is 35.5. The van der Waals surface area contributed by atoms with Gasteiger partial charge in [-0.1, -0.05) is 114 Å². The molecule has 0 heterocycles. The molecule has 1 nitrogen and oxygen atoms in total. The van der Waals surface area contributed by atoms with E-state index in [1.54, 1.807) is 0 Å². The highest BCUT2D eigenvalue weighted by Gasteiger charge is 2.20. The molecular formula is C29H27Cl2N. The van der Waals surface area contributed by atoms with Gasteiger partial charge in [-0.15, -0.1) is 0 Å². The van der Waals surface area contributed by atoms with Crippen LogP contribution in [0.2, 0.25) is 10.0 Å². The van der Waals surface area contributed by atoms with E-state index in [0.717, 1.165) is 13.0 Å². The highest BCUT2D eigenvalue weighted by molar-refractivity contribution is 6.42. The predicted molar refractivity (Wildman–Crippen MR) is 138 cm³/mol. The summed E-state index contributed by atoms with van der Waals surface area (Å²) >= 11 is 12.5. The van der Waals surface area contributed by atoms with Gasteiger partial charge in [0, 0.05) is 18.5 Å². The van der Waals surface area contributed by atoms with Gasteiger partial charge in [-0.2, -0.15) is 0 Å². The molecule has 0 fully saturated rings. The molecule has 0 aromatic heterocycles. The Morgan fingerprint density at radius 3 is 1.94 bits per heavy atom. The fourth-order valence-corrected chi connectivity index (χ4v) is 4.39. The second-order valence-corrected chi connectivity index (χ2v) is 9.02. The fourth-order valence-electron chi connectivity index (χ4n) is 4.07. The van der Waals surface area contributed by atoms with Gasteiger partial charge in [0.05, 0.1) is 10.0 Å². The van der Waals surface area contributed by atoms with Crippen LogP contribution in [0.4, 0.5) is 0 Å². The molecule has 0 radical (unpaired) electrons. The Kier molecular flexibility index (Phi) is 7.65. The van der Waals surface area contributed by atoms with E-state index in [-0.39, 0.29) is 6.04 Å². The Bertz CT molecular complexity index is 1120. The summed E-state index contributed by atoms with van der Waals surface area (Å²) in [5.74, 6) is 0.292. The third-order valence-corrected chi connectivity index (χ3v) is 6.70. The predicted octanol–water partition coefficient (Wildman–Crippen LogP) is 8.17. The van der Waals surface area contributed by atoms with Crippen molar-refractivity contribution in [2.45, 2.75) is 31.8 Å². The van der Waals surface area contributed by atoms with Crippen LogP contribution in [0, 0.1) is 0 Å². The van der Waals surface area contributed by atoms with Crippen molar-refractivity contribution in [3.63, 3.8) is 0 Å². The maximum absolute atomic E-state index is 6.31. The molecule has 3 heteroatoms. The zero-order valence-corrected chi connectivity index (χ0v) is 19.7. The van der Waals surface area contributed by atoms with Gasteiger partial charge in [0.25, 0.3) is 0 Å². The summed E-state index contributed by atoms with van der Waals surface area (Å²) in [5, 5.41) is 4.93. The molecule has 2 atom stereocenters. The largest absolute Gasteiger partial charge is 0.310 e. The molecular weight excluding hydrogens is 433 g/mol. The molecule has 0 aliphatic rings. The highest BCUT2D eigenvalue weighted by Crippen LogP contribution is 2.30. The van der Waals surface area contributed by atoms with Crippen LogP contribution >= 0.6 is 23.2 Å². The standard InChI is InChI=1S/C29H27Cl2N/c1-21(32-20-22-8-4-2-5-9-22)27(18-23-12-17-28(30)29(31)19-23)26-15-13-25(14-16-26)24-10-6-3-7-11-24/h2-17,19,21,27,32H,18,20H2,1H3/t21-,27+/m0/s1. The van der Waals surface area contributed by atoms with Crippen molar-refractivity contribution >= 4 is 23.2 Å². The lowest BCUT2D eigenvalue weighted by Crippen LogP contribution is -2.33. The minimum Gasteiger partial charge on any atom is -0.310 e. The van der Waals surface area contributed by atoms with Crippen molar-refractivity contribution in [3.8, 4) is 11.1 Å². The number of nitrogens with one attached hydrogen (secondary N) is 1. The van der Waals surface area contributed by atoms with E-state index in [2.05, 4.69) is 91.1 Å². The van der Waals surface area contributed by atoms with Crippen LogP contribution in [0.15, 0.2) is 103 Å². The van der Waals surface area contributed by atoms with Crippen molar-refractivity contribution < 1.29 is 0 Å². The molecule has 0 unspecified atom stereocenters. The normalized spacial score (nSPS) is 13.0. The lowest BCUT2D eigenvalue weighted by molar-refractivity contribution is 0.455. The molecule has 0 aliphatic carbocycles. The topological polar surface area (TPSA) is 12.0 Å². The maximum atomic E-state index is 6.31. The Morgan fingerprint density at radius 2 is 1.28 bits per heavy atom. The zero-order chi connectivity index (χ0) is 22.3. The first-order chi connectivity index (χ1) is 15.6. The molecule has 0 spiro atoms. The summed E-state index contributed by atoms with van der Waals surface area (Å²) in [6.07, 6.45) is 0.879. The molecule has 4 aromatic rings. The molecule has 0 saturated heterocycles. The molecule has 0 aliphatic heterocycles. The monoisotopic (exact) mass is 459 g/mol. The van der Waals surface area contributed by atoms with Gasteiger partial charge in [0.1, 0.15) is 0 Å². The van der Waals surface area contributed by atoms with Crippen LogP contribution in [-0.4, -0.2) is 6.04 Å². The lowest BCUT2D eigenvalue weighted by Gasteiger charge is -2.26. The lowest BCUT2D eigenvalue weighted by atomic mass is 9.85. The smallest absolute Gasteiger partial charge is 0.0595 e. The third kappa shape index (κ3) is 5.81. The molecule has 4 rings (SSSR count). The van der Waals surface area contributed by atoms with Gasteiger partial charge in [-0.25, -0.2) is 0 Å². The van der Waals surface area contributed by atoms with E-state index in [1.165, 1.54) is 27.8 Å². The van der Waals surface area contributed by atoms with Gasteiger partial charge < -0.3 is 5.32 Å². The number of hydrogen-bond acceptors (Lipinski definition) is 1. The van der Waals surface area contributed by atoms with Crippen LogP contribution in [-0.2, 0) is 13.0 Å². The van der Waals surface area contributed by atoms with E-state index in [0.29, 0.717) is 16.0 Å². The number of benzene rings is 4. The SMILES string of the molecule is C[C@H](NCc1ccccc1)[C@@H](Cc1ccc(Cl)c(Cl)c1)c1ccc(-c2ccccc2)cc1. The molecule has 0 bridgehead atoms. The minimum atomic E-state index is 0.271. The van der Waals surface area contributed by atoms with Gasteiger partial charge in [0.2, 0.25) is 0 Å². The van der Waals surface area contributed by atoms with E-state index in [1.807, 2.05) is 24.3 Å². The van der Waals surface area contributed by atoms with Crippen molar-refractivity contribution in [2.75, 3.05) is 0 Å². The average molecular weight is 460 g/mol. The van der Waals surface area contributed by atoms with Gasteiger partial charge in [-0.05, 0) is 53.3 Å². The third-order valence-electron chi connectivity index (χ3n) is 5.96. The Morgan fingerprint density at radius 1 is 0.656 bits per heavy atom. The van der Waals surface area contributed by atoms with Gasteiger partial charge >= 0.3 is 0 Å². The molecule has 162 valence electrons. The Balaban J connectivity index is 1.57. The first kappa shape index (κ1) is 22.6. The number of halogens is 2. The summed E-state index contributed by atoms with van der Waals surface area (Å²) in [5.41, 5.74) is 6.24. The minimum absolute atomic E-state index is 0.271. The Hall–Kier alpha value is -2.58. The van der Waals surface area contributed by atoms with Gasteiger partial charge in [-0.3, -0.25) is 0 Å². The zero-order valence-electron chi connectivity index (χ0n) is 18.1. The summed E-state index contributed by atoms with van der Waals surface area (Å²) in [4.78, 5) is 0. The maximum Gasteiger partial charge on any atom is 0.0595 e. The van der Waals surface area contributed by atoms with Crippen molar-refractivity contribution in [2.24, 2.45) is 0 Å². The van der Waals surface area contributed by atoms with E-state index in [9.17, 15) is 0 Å². The van der Waals surface area contributed by atoms with E-state index >= 15 is 0 Å². The molecule has 4 aromatic carbocycles. The number of hydrogen-bond donors (Lipinski definition) is 1. The molecule has 1 N–H and O–H groups in total. The van der Waals surface area contributed by atoms with Crippen molar-refractivity contribution in [1.82, 2.24) is 5.32 Å². The van der Waals surface area contributed by atoms with Crippen molar-refractivity contribution in [1.29, 1.82) is 0 Å². The summed E-state index contributed by atoms with van der Waals surface area (Å²) in [7, 11) is 0. The van der Waals surface area contributed by atoms with Crippen LogP contribution in [0.25, 0.3) is 11.1 Å². The van der Waals surface area contributed by atoms with Crippen LogP contribution in [0.1, 0.15) is 29.5 Å². The van der Waals surface area contributed by atoms with Crippen molar-refractivity contribution in [3.05, 3.63) is 130 Å². The van der Waals surface area contributed by atoms with Crippen LogP contribution < -0.4 is 5.32 Å². The fraction of sp³-hybridized carbons (Fsp3) is 0.172. The molecule has 32 heavy (non-hydrogen) atoms. The summed E-state index contributed by atoms with van der Waals surface area (Å²) in [6.45, 7) is 3.10. The van der Waals surface area contributed by atoms with Gasteiger partial charge in [0.15, 0.2) is 0 Å². The second-order valence-electron chi connectivity index (χ2n) is 8.20. The van der Waals surface area contributed by atoms with E-state index in [4.69, 9.17) is 23.2 Å². The number of rotatable bonds is 8. The molecule has 0 saturated carbocycles. The van der Waals surface area contributed by atoms with Crippen LogP contribution in [0.3, 0.4) is 0 Å². The first-order valence-electron chi connectivity index (χ1n) is 11.0. The van der Waals surface area contributed by atoms with Crippen LogP contribution in [0.5, 0.6) is 0 Å². The summed E-state index contributed by atoms with van der Waals surface area (Å²) in [6, 6.07) is 36.2. The molecule has 0 amide bonds. The quantitative estimate of drug-likeness (QED) is 0.280. The summed E-state index contributed by atoms with van der Waals surface area (Å²) < 4.78 is 0. The van der Waals surface area contributed by atoms with E-state index < -0.39 is 0 Å². The first-order valence-corrected chi connectivity index (χ1v) is 11.7. The second kappa shape index (κ2) is 10.8.